The Balaban J connectivity index is 0.00000300. The highest BCUT2D eigenvalue weighted by molar-refractivity contribution is 6.09. The number of anilines is 1. The number of nitrogens with zero attached hydrogens (tertiary/aromatic N) is 4. The number of likely N-dealkylation sites (N-methyl/N-ethyl adjacent to an activating group) is 1. The molecule has 1 aromatic carbocycles. The minimum atomic E-state index is -0.572. The molecule has 3 aromatic rings. The summed E-state index contributed by atoms with van der Waals surface area (Å²) < 4.78 is 1.78. The van der Waals surface area contributed by atoms with Crippen LogP contribution in [0.1, 0.15) is 19.4 Å². The van der Waals surface area contributed by atoms with E-state index in [1.165, 1.54) is 6.08 Å². The lowest BCUT2D eigenvalue weighted by molar-refractivity contribution is -0.124. The molecule has 1 amide bonds. The van der Waals surface area contributed by atoms with E-state index in [-0.39, 0.29) is 12.4 Å². The van der Waals surface area contributed by atoms with Crippen molar-refractivity contribution >= 4 is 52.0 Å². The van der Waals surface area contributed by atoms with Crippen molar-refractivity contribution in [3.8, 4) is 0 Å². The Hall–Kier alpha value is -2.68. The molecule has 2 heterocycles. The highest BCUT2D eigenvalue weighted by Crippen LogP contribution is 2.29. The molecule has 3 N–H and O–H groups in total. The lowest BCUT2D eigenvalue weighted by Crippen LogP contribution is -2.28. The van der Waals surface area contributed by atoms with Gasteiger partial charge in [0.2, 0.25) is 0 Å². The molecule has 29 heavy (non-hydrogen) atoms. The van der Waals surface area contributed by atoms with Gasteiger partial charge in [0.05, 0.1) is 5.52 Å². The summed E-state index contributed by atoms with van der Waals surface area (Å²) in [5, 5.41) is 18.6. The van der Waals surface area contributed by atoms with E-state index in [0.717, 1.165) is 59.4 Å². The average molecular weight is 419 g/mol. The van der Waals surface area contributed by atoms with E-state index in [2.05, 4.69) is 29.2 Å². The normalized spacial score (nSPS) is 11.3. The minimum Gasteiger partial charge on any atom is -0.367 e. The lowest BCUT2D eigenvalue weighted by atomic mass is 10.1. The first-order valence-corrected chi connectivity index (χ1v) is 9.41. The third-order valence-electron chi connectivity index (χ3n) is 4.75. The maximum Gasteiger partial charge on any atom is 0.267 e. The van der Waals surface area contributed by atoms with Gasteiger partial charge in [-0.2, -0.15) is 5.10 Å². The van der Waals surface area contributed by atoms with E-state index in [9.17, 15) is 4.79 Å². The van der Waals surface area contributed by atoms with Crippen LogP contribution in [0.2, 0.25) is 0 Å². The summed E-state index contributed by atoms with van der Waals surface area (Å²) in [4.78, 5) is 18.3. The van der Waals surface area contributed by atoms with Crippen molar-refractivity contribution in [2.45, 2.75) is 13.8 Å². The van der Waals surface area contributed by atoms with Crippen LogP contribution in [0.5, 0.6) is 0 Å². The molecular formula is C20H27ClN6O2. The molecule has 0 aliphatic rings. The third kappa shape index (κ3) is 5.23. The molecule has 0 spiro atoms. The molecule has 0 saturated carbocycles. The van der Waals surface area contributed by atoms with Crippen LogP contribution in [0.15, 0.2) is 30.5 Å². The van der Waals surface area contributed by atoms with Crippen LogP contribution in [-0.4, -0.2) is 57.0 Å². The van der Waals surface area contributed by atoms with E-state index in [1.807, 2.05) is 31.4 Å². The van der Waals surface area contributed by atoms with Gasteiger partial charge in [-0.3, -0.25) is 14.7 Å². The number of carbonyl (C=O) groups excluding carboxylic acids is 1. The molecule has 0 bridgehead atoms. The van der Waals surface area contributed by atoms with Gasteiger partial charge in [0, 0.05) is 43.2 Å². The van der Waals surface area contributed by atoms with Crippen molar-refractivity contribution in [3.05, 3.63) is 36.0 Å². The van der Waals surface area contributed by atoms with Crippen molar-refractivity contribution in [1.29, 1.82) is 0 Å². The van der Waals surface area contributed by atoms with Gasteiger partial charge in [-0.25, -0.2) is 10.5 Å². The summed E-state index contributed by atoms with van der Waals surface area (Å²) in [6.07, 6.45) is 4.89. The van der Waals surface area contributed by atoms with Crippen molar-refractivity contribution in [2.75, 3.05) is 31.5 Å². The van der Waals surface area contributed by atoms with Gasteiger partial charge in [0.1, 0.15) is 5.52 Å². The molecule has 0 radical (unpaired) electrons. The molecule has 0 aliphatic heterocycles. The van der Waals surface area contributed by atoms with E-state index in [4.69, 9.17) is 10.2 Å². The molecule has 0 aliphatic carbocycles. The molecular weight excluding hydrogens is 392 g/mol. The Bertz CT molecular complexity index is 1010. The number of fused-ring (bicyclic) bond motifs is 3. The fourth-order valence-corrected chi connectivity index (χ4v) is 3.21. The number of carbonyl (C=O) groups is 1. The number of amides is 1. The molecule has 9 heteroatoms. The van der Waals surface area contributed by atoms with Crippen molar-refractivity contribution in [2.24, 2.45) is 7.05 Å². The molecule has 0 fully saturated rings. The summed E-state index contributed by atoms with van der Waals surface area (Å²) in [7, 11) is 1.89. The number of aromatic nitrogens is 3. The number of nitrogens with one attached hydrogen (secondary N) is 2. The monoisotopic (exact) mass is 418 g/mol. The first-order valence-electron chi connectivity index (χ1n) is 9.41. The second kappa shape index (κ2) is 10.2. The first-order chi connectivity index (χ1) is 13.5. The number of hydrogen-bond donors (Lipinski definition) is 3. The number of halogens is 1. The van der Waals surface area contributed by atoms with E-state index >= 15 is 0 Å². The second-order valence-corrected chi connectivity index (χ2v) is 6.57. The van der Waals surface area contributed by atoms with Crippen LogP contribution < -0.4 is 10.8 Å². The van der Waals surface area contributed by atoms with E-state index in [1.54, 1.807) is 16.2 Å². The molecule has 0 saturated heterocycles. The van der Waals surface area contributed by atoms with Gasteiger partial charge >= 0.3 is 0 Å². The Morgan fingerprint density at radius 3 is 2.72 bits per heavy atom. The first kappa shape index (κ1) is 22.6. The number of rotatable bonds is 8. The fourth-order valence-electron chi connectivity index (χ4n) is 3.21. The summed E-state index contributed by atoms with van der Waals surface area (Å²) in [6, 6.07) is 5.78. The highest BCUT2D eigenvalue weighted by atomic mass is 35.5. The van der Waals surface area contributed by atoms with Crippen molar-refractivity contribution in [1.82, 2.24) is 25.1 Å². The van der Waals surface area contributed by atoms with Gasteiger partial charge in [0.15, 0.2) is 5.82 Å². The molecule has 0 atom stereocenters. The maximum absolute atomic E-state index is 11.2. The summed E-state index contributed by atoms with van der Waals surface area (Å²) >= 11 is 0. The van der Waals surface area contributed by atoms with Crippen LogP contribution in [0.25, 0.3) is 27.9 Å². The zero-order chi connectivity index (χ0) is 20.1. The summed E-state index contributed by atoms with van der Waals surface area (Å²) in [5.74, 6) is 0.204. The third-order valence-corrected chi connectivity index (χ3v) is 4.75. The second-order valence-electron chi connectivity index (χ2n) is 6.57. The van der Waals surface area contributed by atoms with Crippen LogP contribution in [-0.2, 0) is 11.8 Å². The van der Waals surface area contributed by atoms with E-state index in [0.29, 0.717) is 0 Å². The van der Waals surface area contributed by atoms with Gasteiger partial charge < -0.3 is 10.2 Å². The van der Waals surface area contributed by atoms with Crippen molar-refractivity contribution < 1.29 is 10.0 Å². The quantitative estimate of drug-likeness (QED) is 0.296. The van der Waals surface area contributed by atoms with Gasteiger partial charge in [-0.05, 0) is 36.9 Å². The smallest absolute Gasteiger partial charge is 0.267 e. The predicted octanol–water partition coefficient (Wildman–Crippen LogP) is 2.82. The molecule has 8 nitrogen and oxygen atoms in total. The molecule has 3 rings (SSSR count). The Morgan fingerprint density at radius 1 is 1.28 bits per heavy atom. The van der Waals surface area contributed by atoms with Gasteiger partial charge in [-0.15, -0.1) is 12.4 Å². The van der Waals surface area contributed by atoms with Crippen LogP contribution >= 0.6 is 12.4 Å². The Morgan fingerprint density at radius 2 is 2.03 bits per heavy atom. The summed E-state index contributed by atoms with van der Waals surface area (Å²) in [6.45, 7) is 8.09. The van der Waals surface area contributed by atoms with Crippen LogP contribution in [0.3, 0.4) is 0 Å². The zero-order valence-electron chi connectivity index (χ0n) is 16.8. The van der Waals surface area contributed by atoms with Crippen LogP contribution in [0.4, 0.5) is 5.82 Å². The Labute approximate surface area is 176 Å². The van der Waals surface area contributed by atoms with Gasteiger partial charge in [-0.1, -0.05) is 19.9 Å². The number of benzene rings is 1. The number of hydrogen-bond acceptors (Lipinski definition) is 6. The maximum atomic E-state index is 11.2. The molecule has 0 unspecified atom stereocenters. The molecule has 2 aromatic heterocycles. The average Bonchev–Trinajstić information content (AvgIpc) is 3.11. The van der Waals surface area contributed by atoms with Gasteiger partial charge in [0.25, 0.3) is 5.91 Å². The van der Waals surface area contributed by atoms with Crippen LogP contribution in [0, 0.1) is 0 Å². The largest absolute Gasteiger partial charge is 0.367 e. The highest BCUT2D eigenvalue weighted by Gasteiger charge is 2.12. The SMILES string of the molecule is CCN(CC)CCNc1nc2ccc(/C=C/C(=O)NO)cc2c2cn(C)nc12.Cl. The van der Waals surface area contributed by atoms with E-state index < -0.39 is 5.91 Å². The number of aryl methyl sites for hydroxylation is 1. The van der Waals surface area contributed by atoms with Crippen molar-refractivity contribution in [3.63, 3.8) is 0 Å². The topological polar surface area (TPSA) is 95.3 Å². The zero-order valence-corrected chi connectivity index (χ0v) is 17.7. The minimum absolute atomic E-state index is 0. The number of hydroxylamine groups is 1. The summed E-state index contributed by atoms with van der Waals surface area (Å²) in [5.41, 5.74) is 4.10. The Kier molecular flexibility index (Phi) is 7.95. The fraction of sp³-hybridized carbons (Fsp3) is 0.350. The standard InChI is InChI=1S/C20H26N6O2.ClH/c1-4-26(5-2)11-10-21-20-19-16(13-25(3)23-19)15-12-14(6-8-17(15)22-20)7-9-18(27)24-28;/h6-9,12-13,28H,4-5,10-11H2,1-3H3,(H,21,22)(H,24,27);1H/b9-7+;. The predicted molar refractivity (Wildman–Crippen MR) is 119 cm³/mol. The number of pyridine rings is 1. The molecule has 156 valence electrons. The lowest BCUT2D eigenvalue weighted by Gasteiger charge is -2.18.